The number of pyridine rings is 1. The number of hydrogen-bond donors (Lipinski definition) is 1. The van der Waals surface area contributed by atoms with Crippen LogP contribution in [0.3, 0.4) is 0 Å². The Kier molecular flexibility index (Phi) is 5.65. The van der Waals surface area contributed by atoms with E-state index in [0.717, 1.165) is 25.0 Å². The molecule has 0 saturated carbocycles. The minimum absolute atomic E-state index is 0.181. The molecule has 0 aliphatic rings. The monoisotopic (exact) mass is 289 g/mol. The first-order valence-electron chi connectivity index (χ1n) is 6.89. The number of anilines is 2. The number of halogens is 3. The summed E-state index contributed by atoms with van der Waals surface area (Å²) in [4.78, 5) is 6.08. The quantitative estimate of drug-likeness (QED) is 0.852. The maximum Gasteiger partial charge on any atom is 0.416 e. The van der Waals surface area contributed by atoms with Crippen molar-refractivity contribution in [1.29, 1.82) is 0 Å². The van der Waals surface area contributed by atoms with Crippen LogP contribution in [-0.2, 0) is 6.18 Å². The molecule has 1 heterocycles. The summed E-state index contributed by atoms with van der Waals surface area (Å²) >= 11 is 0. The standard InChI is InChI=1S/C14H22F3N3/c1-5-11(6-2)20(4)13-9-10(14(15,16)17)8-12(19-13)18-7-3/h8-9,11H,5-7H2,1-4H3,(H,18,19). The Morgan fingerprint density at radius 2 is 1.80 bits per heavy atom. The van der Waals surface area contributed by atoms with E-state index >= 15 is 0 Å². The maximum absolute atomic E-state index is 12.9. The molecule has 1 rings (SSSR count). The zero-order chi connectivity index (χ0) is 15.3. The number of nitrogens with zero attached hydrogens (tertiary/aromatic N) is 2. The van der Waals surface area contributed by atoms with Crippen LogP contribution in [0.15, 0.2) is 12.1 Å². The molecule has 0 saturated heterocycles. The van der Waals surface area contributed by atoms with Crippen LogP contribution in [0.2, 0.25) is 0 Å². The molecule has 0 atom stereocenters. The highest BCUT2D eigenvalue weighted by Gasteiger charge is 2.32. The first-order chi connectivity index (χ1) is 9.33. The predicted molar refractivity (Wildman–Crippen MR) is 76.2 cm³/mol. The van der Waals surface area contributed by atoms with Crippen LogP contribution in [-0.4, -0.2) is 24.6 Å². The molecule has 114 valence electrons. The fourth-order valence-corrected chi connectivity index (χ4v) is 2.16. The van der Waals surface area contributed by atoms with Crippen molar-refractivity contribution in [3.8, 4) is 0 Å². The molecule has 20 heavy (non-hydrogen) atoms. The lowest BCUT2D eigenvalue weighted by Crippen LogP contribution is -2.31. The van der Waals surface area contributed by atoms with Crippen molar-refractivity contribution in [3.63, 3.8) is 0 Å². The predicted octanol–water partition coefficient (Wildman–Crippen LogP) is 4.16. The van der Waals surface area contributed by atoms with Crippen LogP contribution in [0, 0.1) is 0 Å². The molecule has 0 aliphatic heterocycles. The van der Waals surface area contributed by atoms with Gasteiger partial charge in [0.15, 0.2) is 0 Å². The van der Waals surface area contributed by atoms with Gasteiger partial charge in [-0.15, -0.1) is 0 Å². The van der Waals surface area contributed by atoms with Crippen LogP contribution >= 0.6 is 0 Å². The molecule has 1 aromatic rings. The molecule has 0 aliphatic carbocycles. The third-order valence-electron chi connectivity index (χ3n) is 3.35. The Hall–Kier alpha value is -1.46. The van der Waals surface area contributed by atoms with Gasteiger partial charge in [0.25, 0.3) is 0 Å². The average molecular weight is 289 g/mol. The molecule has 0 fully saturated rings. The number of aromatic nitrogens is 1. The molecule has 3 nitrogen and oxygen atoms in total. The smallest absolute Gasteiger partial charge is 0.370 e. The lowest BCUT2D eigenvalue weighted by molar-refractivity contribution is -0.137. The Morgan fingerprint density at radius 1 is 1.20 bits per heavy atom. The Bertz CT molecular complexity index is 428. The Balaban J connectivity index is 3.21. The number of rotatable bonds is 6. The molecule has 0 spiro atoms. The van der Waals surface area contributed by atoms with Gasteiger partial charge in [-0.1, -0.05) is 13.8 Å². The van der Waals surface area contributed by atoms with Crippen molar-refractivity contribution >= 4 is 11.6 Å². The van der Waals surface area contributed by atoms with E-state index in [9.17, 15) is 13.2 Å². The third kappa shape index (κ3) is 4.02. The fourth-order valence-electron chi connectivity index (χ4n) is 2.16. The van der Waals surface area contributed by atoms with Crippen molar-refractivity contribution in [2.75, 3.05) is 23.8 Å². The molecular formula is C14H22F3N3. The highest BCUT2D eigenvalue weighted by molar-refractivity contribution is 5.51. The average Bonchev–Trinajstić information content (AvgIpc) is 2.39. The lowest BCUT2D eigenvalue weighted by atomic mass is 10.1. The van der Waals surface area contributed by atoms with Gasteiger partial charge in [0.2, 0.25) is 0 Å². The number of hydrogen-bond acceptors (Lipinski definition) is 3. The summed E-state index contributed by atoms with van der Waals surface area (Å²) in [6.45, 7) is 6.39. The van der Waals surface area contributed by atoms with Crippen LogP contribution in [0.1, 0.15) is 39.2 Å². The number of alkyl halides is 3. The van der Waals surface area contributed by atoms with Gasteiger partial charge >= 0.3 is 6.18 Å². The van der Waals surface area contributed by atoms with E-state index in [2.05, 4.69) is 10.3 Å². The Labute approximate surface area is 118 Å². The molecule has 0 bridgehead atoms. The molecule has 1 aromatic heterocycles. The fraction of sp³-hybridized carbons (Fsp3) is 0.643. The highest BCUT2D eigenvalue weighted by atomic mass is 19.4. The zero-order valence-electron chi connectivity index (χ0n) is 12.4. The summed E-state index contributed by atoms with van der Waals surface area (Å²) in [6, 6.07) is 2.34. The molecule has 0 radical (unpaired) electrons. The topological polar surface area (TPSA) is 28.2 Å². The first kappa shape index (κ1) is 16.6. The van der Waals surface area contributed by atoms with Crippen LogP contribution in [0.5, 0.6) is 0 Å². The van der Waals surface area contributed by atoms with Crippen LogP contribution in [0.25, 0.3) is 0 Å². The minimum Gasteiger partial charge on any atom is -0.370 e. The third-order valence-corrected chi connectivity index (χ3v) is 3.35. The van der Waals surface area contributed by atoms with Crippen LogP contribution in [0.4, 0.5) is 24.8 Å². The molecule has 0 aromatic carbocycles. The largest absolute Gasteiger partial charge is 0.416 e. The van der Waals surface area contributed by atoms with Crippen molar-refractivity contribution in [3.05, 3.63) is 17.7 Å². The van der Waals surface area contributed by atoms with E-state index in [4.69, 9.17) is 0 Å². The summed E-state index contributed by atoms with van der Waals surface area (Å²) in [5.41, 5.74) is -0.670. The van der Waals surface area contributed by atoms with E-state index in [-0.39, 0.29) is 11.9 Å². The first-order valence-corrected chi connectivity index (χ1v) is 6.89. The summed E-state index contributed by atoms with van der Waals surface area (Å²) in [5, 5.41) is 2.85. The van der Waals surface area contributed by atoms with E-state index in [1.165, 1.54) is 0 Å². The highest BCUT2D eigenvalue weighted by Crippen LogP contribution is 2.33. The second-order valence-electron chi connectivity index (χ2n) is 4.71. The van der Waals surface area contributed by atoms with Gasteiger partial charge < -0.3 is 10.2 Å². The van der Waals surface area contributed by atoms with Gasteiger partial charge in [-0.05, 0) is 31.9 Å². The van der Waals surface area contributed by atoms with E-state index in [1.807, 2.05) is 25.7 Å². The number of nitrogens with one attached hydrogen (secondary N) is 1. The van der Waals surface area contributed by atoms with Crippen molar-refractivity contribution in [2.24, 2.45) is 0 Å². The molecule has 0 unspecified atom stereocenters. The van der Waals surface area contributed by atoms with Crippen molar-refractivity contribution in [1.82, 2.24) is 4.98 Å². The van der Waals surface area contributed by atoms with Crippen LogP contribution < -0.4 is 10.2 Å². The molecule has 6 heteroatoms. The molecule has 1 N–H and O–H groups in total. The zero-order valence-corrected chi connectivity index (χ0v) is 12.4. The molecular weight excluding hydrogens is 267 g/mol. The van der Waals surface area contributed by atoms with E-state index in [0.29, 0.717) is 12.4 Å². The summed E-state index contributed by atoms with van der Waals surface area (Å²) in [7, 11) is 1.79. The van der Waals surface area contributed by atoms with Gasteiger partial charge in [0, 0.05) is 19.6 Å². The summed E-state index contributed by atoms with van der Waals surface area (Å²) in [6.07, 6.45) is -2.64. The maximum atomic E-state index is 12.9. The van der Waals surface area contributed by atoms with Gasteiger partial charge in [-0.3, -0.25) is 0 Å². The van der Waals surface area contributed by atoms with Gasteiger partial charge in [0.05, 0.1) is 5.56 Å². The van der Waals surface area contributed by atoms with E-state index in [1.54, 1.807) is 7.05 Å². The summed E-state index contributed by atoms with van der Waals surface area (Å²) in [5.74, 6) is 0.611. The molecule has 0 amide bonds. The van der Waals surface area contributed by atoms with Gasteiger partial charge in [-0.25, -0.2) is 4.98 Å². The van der Waals surface area contributed by atoms with Crippen molar-refractivity contribution < 1.29 is 13.2 Å². The normalized spacial score (nSPS) is 11.8. The second kappa shape index (κ2) is 6.81. The van der Waals surface area contributed by atoms with Gasteiger partial charge in [0.1, 0.15) is 11.6 Å². The van der Waals surface area contributed by atoms with Gasteiger partial charge in [-0.2, -0.15) is 13.2 Å². The summed E-state index contributed by atoms with van der Waals surface area (Å²) < 4.78 is 38.8. The second-order valence-corrected chi connectivity index (χ2v) is 4.71. The van der Waals surface area contributed by atoms with Crippen molar-refractivity contribution in [2.45, 2.75) is 45.8 Å². The lowest BCUT2D eigenvalue weighted by Gasteiger charge is -2.28. The Morgan fingerprint density at radius 3 is 2.25 bits per heavy atom. The minimum atomic E-state index is -4.36. The SMILES string of the molecule is CCNc1cc(C(F)(F)F)cc(N(C)C(CC)CC)n1. The van der Waals surface area contributed by atoms with E-state index < -0.39 is 11.7 Å².